The molecule has 1 atom stereocenters. The first-order valence-electron chi connectivity index (χ1n) is 11.0. The summed E-state index contributed by atoms with van der Waals surface area (Å²) in [5, 5.41) is 12.2. The lowest BCUT2D eigenvalue weighted by atomic mass is 9.95. The number of fused-ring (bicyclic) bond motifs is 1. The summed E-state index contributed by atoms with van der Waals surface area (Å²) in [4.78, 5) is 38.1. The smallest absolute Gasteiger partial charge is 0.296 e. The quantitative estimate of drug-likeness (QED) is 0.346. The van der Waals surface area contributed by atoms with Gasteiger partial charge in [0.25, 0.3) is 5.91 Å². The number of aromatic nitrogens is 2. The zero-order chi connectivity index (χ0) is 25.0. The first-order valence-corrected chi connectivity index (χ1v) is 12.6. The number of amides is 1. The summed E-state index contributed by atoms with van der Waals surface area (Å²) >= 11 is 2.61. The van der Waals surface area contributed by atoms with Crippen LogP contribution in [0.2, 0.25) is 0 Å². The molecule has 1 unspecified atom stereocenters. The second-order valence-electron chi connectivity index (χ2n) is 8.51. The number of aliphatic hydroxyl groups is 1. The summed E-state index contributed by atoms with van der Waals surface area (Å²) in [5.41, 5.74) is 4.15. The highest BCUT2D eigenvalue weighted by Gasteiger charge is 2.46. The zero-order valence-electron chi connectivity index (χ0n) is 19.9. The van der Waals surface area contributed by atoms with E-state index in [-0.39, 0.29) is 5.57 Å². The van der Waals surface area contributed by atoms with Crippen LogP contribution in [-0.4, -0.2) is 33.9 Å². The van der Waals surface area contributed by atoms with Gasteiger partial charge in [-0.05, 0) is 62.6 Å². The van der Waals surface area contributed by atoms with E-state index in [2.05, 4.69) is 4.98 Å². The van der Waals surface area contributed by atoms with Crippen LogP contribution < -0.4 is 9.64 Å². The molecule has 0 saturated heterocycles. The van der Waals surface area contributed by atoms with Crippen molar-refractivity contribution in [1.82, 2.24) is 9.97 Å². The average Bonchev–Trinajstić information content (AvgIpc) is 3.47. The van der Waals surface area contributed by atoms with Gasteiger partial charge in [-0.2, -0.15) is 0 Å². The first-order chi connectivity index (χ1) is 16.7. The minimum Gasteiger partial charge on any atom is -0.503 e. The van der Waals surface area contributed by atoms with Gasteiger partial charge in [-0.1, -0.05) is 29.5 Å². The van der Waals surface area contributed by atoms with Gasteiger partial charge in [0.05, 0.1) is 44.5 Å². The molecule has 0 saturated carbocycles. The maximum Gasteiger partial charge on any atom is 0.296 e. The molecule has 0 bridgehead atoms. The molecule has 1 aliphatic rings. The largest absolute Gasteiger partial charge is 0.503 e. The molecule has 0 aliphatic carbocycles. The van der Waals surface area contributed by atoms with Gasteiger partial charge in [0, 0.05) is 0 Å². The van der Waals surface area contributed by atoms with Crippen molar-refractivity contribution in [1.29, 1.82) is 0 Å². The van der Waals surface area contributed by atoms with E-state index in [4.69, 9.17) is 9.72 Å². The Labute approximate surface area is 210 Å². The number of benzene rings is 2. The number of aryl methyl sites for hydroxylation is 4. The number of ketones is 1. The number of methoxy groups -OCH3 is 1. The Hall–Kier alpha value is -3.56. The highest BCUT2D eigenvalue weighted by molar-refractivity contribution is 7.22. The number of rotatable bonds is 5. The molecule has 0 spiro atoms. The van der Waals surface area contributed by atoms with Gasteiger partial charge in [-0.25, -0.2) is 9.97 Å². The van der Waals surface area contributed by atoms with Gasteiger partial charge in [0.1, 0.15) is 5.75 Å². The van der Waals surface area contributed by atoms with Crippen molar-refractivity contribution in [2.24, 2.45) is 0 Å². The van der Waals surface area contributed by atoms with Gasteiger partial charge in [-0.3, -0.25) is 14.5 Å². The molecule has 35 heavy (non-hydrogen) atoms. The normalized spacial score (nSPS) is 16.0. The number of anilines is 1. The molecule has 2 aromatic carbocycles. The Bertz CT molecular complexity index is 1530. The molecule has 5 rings (SSSR count). The second-order valence-corrected chi connectivity index (χ2v) is 10.7. The van der Waals surface area contributed by atoms with E-state index >= 15 is 0 Å². The first kappa shape index (κ1) is 23.2. The summed E-state index contributed by atoms with van der Waals surface area (Å²) in [6.45, 7) is 7.56. The van der Waals surface area contributed by atoms with E-state index in [0.717, 1.165) is 26.4 Å². The van der Waals surface area contributed by atoms with Gasteiger partial charge in [-0.15, -0.1) is 11.3 Å². The number of nitrogens with zero attached hydrogens (tertiary/aromatic N) is 3. The van der Waals surface area contributed by atoms with E-state index in [9.17, 15) is 14.7 Å². The maximum absolute atomic E-state index is 13.7. The van der Waals surface area contributed by atoms with Crippen LogP contribution in [0.3, 0.4) is 0 Å². The molecule has 1 aliphatic heterocycles. The third kappa shape index (κ3) is 3.81. The highest BCUT2D eigenvalue weighted by atomic mass is 32.1. The SMILES string of the molecule is COc1ccc(C2C(C(=O)c3sc(C)nc3C)=C(O)C(=O)N2c2nc3c(C)cc(C)cc3s2)cc1. The third-order valence-corrected chi connectivity index (χ3v) is 8.09. The molecule has 178 valence electrons. The summed E-state index contributed by atoms with van der Waals surface area (Å²) in [5.74, 6) is -0.976. The molecule has 4 aromatic rings. The molecular weight excluding hydrogens is 482 g/mol. The standard InChI is InChI=1S/C26H23N3O4S2/c1-12-10-13(2)20-18(11-12)35-26(28-20)29-21(16-6-8-17(33-5)9-7-16)19(23(31)25(29)32)22(30)24-14(3)27-15(4)34-24/h6-11,21,31H,1-5H3. The van der Waals surface area contributed by atoms with E-state index < -0.39 is 23.5 Å². The second kappa shape index (κ2) is 8.58. The van der Waals surface area contributed by atoms with Crippen molar-refractivity contribution in [3.8, 4) is 5.75 Å². The molecule has 0 radical (unpaired) electrons. The molecule has 0 fully saturated rings. The lowest BCUT2D eigenvalue weighted by molar-refractivity contribution is -0.117. The third-order valence-electron chi connectivity index (χ3n) is 6.02. The highest BCUT2D eigenvalue weighted by Crippen LogP contribution is 2.45. The fourth-order valence-corrected chi connectivity index (χ4v) is 6.50. The molecule has 9 heteroatoms. The molecule has 1 amide bonds. The van der Waals surface area contributed by atoms with E-state index in [1.54, 1.807) is 38.3 Å². The van der Waals surface area contributed by atoms with Gasteiger partial charge in [0.2, 0.25) is 5.78 Å². The van der Waals surface area contributed by atoms with Crippen LogP contribution in [0.4, 0.5) is 5.13 Å². The van der Waals surface area contributed by atoms with Crippen LogP contribution in [0.1, 0.15) is 43.1 Å². The fourth-order valence-electron chi connectivity index (χ4n) is 4.46. The average molecular weight is 506 g/mol. The predicted octanol–water partition coefficient (Wildman–Crippen LogP) is 5.78. The van der Waals surface area contributed by atoms with Crippen LogP contribution in [0.15, 0.2) is 47.7 Å². The number of carbonyl (C=O) groups excluding carboxylic acids is 2. The number of ether oxygens (including phenoxy) is 1. The Kier molecular flexibility index (Phi) is 5.69. The van der Waals surface area contributed by atoms with E-state index in [1.165, 1.54) is 27.6 Å². The molecule has 7 nitrogen and oxygen atoms in total. The van der Waals surface area contributed by atoms with Crippen LogP contribution in [0, 0.1) is 27.7 Å². The van der Waals surface area contributed by atoms with Crippen LogP contribution in [0.5, 0.6) is 5.75 Å². The van der Waals surface area contributed by atoms with Gasteiger partial charge >= 0.3 is 0 Å². The lowest BCUT2D eigenvalue weighted by Gasteiger charge is -2.24. The predicted molar refractivity (Wildman–Crippen MR) is 138 cm³/mol. The summed E-state index contributed by atoms with van der Waals surface area (Å²) in [7, 11) is 1.57. The summed E-state index contributed by atoms with van der Waals surface area (Å²) in [6.07, 6.45) is 0. The van der Waals surface area contributed by atoms with Crippen molar-refractivity contribution in [3.63, 3.8) is 0 Å². The number of aliphatic hydroxyl groups excluding tert-OH is 1. The van der Waals surface area contributed by atoms with Crippen LogP contribution in [0.25, 0.3) is 10.2 Å². The Morgan fingerprint density at radius 2 is 1.77 bits per heavy atom. The number of thiazole rings is 2. The fraction of sp³-hybridized carbons (Fsp3) is 0.231. The Morgan fingerprint density at radius 1 is 1.06 bits per heavy atom. The molecular formula is C26H23N3O4S2. The molecule has 2 aromatic heterocycles. The number of hydrogen-bond donors (Lipinski definition) is 1. The minimum absolute atomic E-state index is 0.0269. The maximum atomic E-state index is 13.7. The van der Waals surface area contributed by atoms with E-state index in [1.807, 2.05) is 32.9 Å². The van der Waals surface area contributed by atoms with Crippen LogP contribution in [-0.2, 0) is 4.79 Å². The number of hydrogen-bond acceptors (Lipinski definition) is 8. The van der Waals surface area contributed by atoms with Gasteiger partial charge < -0.3 is 9.84 Å². The summed E-state index contributed by atoms with van der Waals surface area (Å²) in [6, 6.07) is 10.3. The van der Waals surface area contributed by atoms with Crippen molar-refractivity contribution in [2.75, 3.05) is 12.0 Å². The van der Waals surface area contributed by atoms with Gasteiger partial charge in [0.15, 0.2) is 10.9 Å². The van der Waals surface area contributed by atoms with Crippen molar-refractivity contribution < 1.29 is 19.4 Å². The topological polar surface area (TPSA) is 92.6 Å². The zero-order valence-corrected chi connectivity index (χ0v) is 21.5. The Morgan fingerprint density at radius 3 is 2.40 bits per heavy atom. The Balaban J connectivity index is 1.69. The number of carbonyl (C=O) groups is 2. The van der Waals surface area contributed by atoms with Crippen molar-refractivity contribution in [2.45, 2.75) is 33.7 Å². The monoisotopic (exact) mass is 505 g/mol. The lowest BCUT2D eigenvalue weighted by Crippen LogP contribution is -2.31. The number of Topliss-reactive ketones (excluding diaryl/α,β-unsaturated/α-hetero) is 1. The molecule has 3 heterocycles. The molecule has 1 N–H and O–H groups in total. The van der Waals surface area contributed by atoms with Crippen molar-refractivity contribution in [3.05, 3.63) is 80.0 Å². The minimum atomic E-state index is -0.843. The van der Waals surface area contributed by atoms with Crippen molar-refractivity contribution >= 4 is 49.7 Å². The van der Waals surface area contributed by atoms with E-state index in [0.29, 0.717) is 27.0 Å². The van der Waals surface area contributed by atoms with Crippen LogP contribution >= 0.6 is 22.7 Å². The summed E-state index contributed by atoms with van der Waals surface area (Å²) < 4.78 is 6.22.